The number of pyridine rings is 1. The van der Waals surface area contributed by atoms with Gasteiger partial charge in [-0.25, -0.2) is 4.98 Å². The molecule has 0 unspecified atom stereocenters. The minimum atomic E-state index is -0.414. The molecule has 0 saturated carbocycles. The number of thioether (sulfide) groups is 1. The van der Waals surface area contributed by atoms with Crippen LogP contribution in [0.25, 0.3) is 0 Å². The molecule has 5 nitrogen and oxygen atoms in total. The molecule has 2 heterocycles. The second-order valence-corrected chi connectivity index (χ2v) is 4.56. The summed E-state index contributed by atoms with van der Waals surface area (Å²) in [5, 5.41) is 6.25. The molecule has 1 aromatic rings. The standard InChI is InChI=1S/C11H13N3O2S/c1-17-10-5-2-7(6-12-10)13-11(16)8-3-4-9(15)14-8/h2,5-6,8H,3-4H2,1H3,(H,13,16)(H,14,15)/t8-/m1/s1. The van der Waals surface area contributed by atoms with Crippen LogP contribution in [-0.4, -0.2) is 29.1 Å². The molecule has 1 aliphatic rings. The monoisotopic (exact) mass is 251 g/mol. The van der Waals surface area contributed by atoms with Crippen molar-refractivity contribution in [2.45, 2.75) is 23.9 Å². The van der Waals surface area contributed by atoms with Crippen molar-refractivity contribution in [3.63, 3.8) is 0 Å². The van der Waals surface area contributed by atoms with Crippen molar-refractivity contribution in [3.8, 4) is 0 Å². The third-order valence-electron chi connectivity index (χ3n) is 2.52. The Bertz CT molecular complexity index is 433. The first-order valence-electron chi connectivity index (χ1n) is 5.29. The van der Waals surface area contributed by atoms with Gasteiger partial charge in [-0.3, -0.25) is 9.59 Å². The van der Waals surface area contributed by atoms with Crippen LogP contribution in [0.1, 0.15) is 12.8 Å². The lowest BCUT2D eigenvalue weighted by Crippen LogP contribution is -2.37. The molecule has 1 aromatic heterocycles. The first-order valence-corrected chi connectivity index (χ1v) is 6.52. The minimum Gasteiger partial charge on any atom is -0.344 e. The van der Waals surface area contributed by atoms with Crippen LogP contribution in [0.2, 0.25) is 0 Å². The summed E-state index contributed by atoms with van der Waals surface area (Å²) in [6.45, 7) is 0. The summed E-state index contributed by atoms with van der Waals surface area (Å²) in [5.74, 6) is -0.254. The molecule has 0 aliphatic carbocycles. The van der Waals surface area contributed by atoms with Gasteiger partial charge in [0.2, 0.25) is 11.8 Å². The topological polar surface area (TPSA) is 71.1 Å². The maximum absolute atomic E-state index is 11.8. The molecule has 1 fully saturated rings. The fourth-order valence-electron chi connectivity index (χ4n) is 1.62. The van der Waals surface area contributed by atoms with Crippen LogP contribution in [0.15, 0.2) is 23.4 Å². The largest absolute Gasteiger partial charge is 0.344 e. The molecule has 0 radical (unpaired) electrons. The van der Waals surface area contributed by atoms with Crippen LogP contribution in [0, 0.1) is 0 Å². The Morgan fingerprint density at radius 3 is 2.94 bits per heavy atom. The van der Waals surface area contributed by atoms with Gasteiger partial charge in [0.1, 0.15) is 6.04 Å². The van der Waals surface area contributed by atoms with Crippen LogP contribution in [0.5, 0.6) is 0 Å². The number of nitrogens with zero attached hydrogens (tertiary/aromatic N) is 1. The molecule has 1 saturated heterocycles. The van der Waals surface area contributed by atoms with Gasteiger partial charge in [-0.1, -0.05) is 0 Å². The molecule has 90 valence electrons. The molecule has 1 atom stereocenters. The Kier molecular flexibility index (Phi) is 3.63. The Hall–Kier alpha value is -1.56. The number of amides is 2. The molecule has 0 aromatic carbocycles. The summed E-state index contributed by atoms with van der Waals surface area (Å²) >= 11 is 1.54. The number of carbonyl (C=O) groups is 2. The predicted octanol–water partition coefficient (Wildman–Crippen LogP) is 1.02. The lowest BCUT2D eigenvalue weighted by molar-refractivity contribution is -0.122. The minimum absolute atomic E-state index is 0.0685. The zero-order valence-electron chi connectivity index (χ0n) is 9.40. The lowest BCUT2D eigenvalue weighted by atomic mass is 10.2. The van der Waals surface area contributed by atoms with E-state index in [1.165, 1.54) is 0 Å². The molecular formula is C11H13N3O2S. The highest BCUT2D eigenvalue weighted by Crippen LogP contribution is 2.15. The molecular weight excluding hydrogens is 238 g/mol. The Morgan fingerprint density at radius 2 is 2.41 bits per heavy atom. The van der Waals surface area contributed by atoms with Crippen molar-refractivity contribution >= 4 is 29.3 Å². The third-order valence-corrected chi connectivity index (χ3v) is 3.18. The highest BCUT2D eigenvalue weighted by atomic mass is 32.2. The van der Waals surface area contributed by atoms with E-state index in [1.807, 2.05) is 12.3 Å². The third kappa shape index (κ3) is 2.97. The van der Waals surface area contributed by atoms with Crippen LogP contribution in [0.4, 0.5) is 5.69 Å². The smallest absolute Gasteiger partial charge is 0.247 e. The second-order valence-electron chi connectivity index (χ2n) is 3.74. The van der Waals surface area contributed by atoms with Crippen LogP contribution in [-0.2, 0) is 9.59 Å². The van der Waals surface area contributed by atoms with E-state index < -0.39 is 6.04 Å². The molecule has 0 bridgehead atoms. The summed E-state index contributed by atoms with van der Waals surface area (Å²) in [7, 11) is 0. The summed E-state index contributed by atoms with van der Waals surface area (Å²) in [4.78, 5) is 26.9. The molecule has 2 N–H and O–H groups in total. The normalized spacial score (nSPS) is 18.9. The number of aromatic nitrogens is 1. The molecule has 6 heteroatoms. The van der Waals surface area contributed by atoms with Crippen LogP contribution in [0.3, 0.4) is 0 Å². The van der Waals surface area contributed by atoms with E-state index in [1.54, 1.807) is 24.0 Å². The Morgan fingerprint density at radius 1 is 1.59 bits per heavy atom. The highest BCUT2D eigenvalue weighted by molar-refractivity contribution is 7.98. The molecule has 0 spiro atoms. The zero-order chi connectivity index (χ0) is 12.3. The van der Waals surface area contributed by atoms with Gasteiger partial charge < -0.3 is 10.6 Å². The summed E-state index contributed by atoms with van der Waals surface area (Å²) < 4.78 is 0. The molecule has 17 heavy (non-hydrogen) atoms. The fourth-order valence-corrected chi connectivity index (χ4v) is 1.98. The SMILES string of the molecule is CSc1ccc(NC(=O)[C@H]2CCC(=O)N2)cn1. The van der Waals surface area contributed by atoms with E-state index in [9.17, 15) is 9.59 Å². The summed E-state index contributed by atoms with van der Waals surface area (Å²) in [6, 6.07) is 3.23. The fraction of sp³-hybridized carbons (Fsp3) is 0.364. The van der Waals surface area contributed by atoms with Crippen molar-refractivity contribution in [2.24, 2.45) is 0 Å². The first kappa shape index (κ1) is 11.9. The van der Waals surface area contributed by atoms with Gasteiger partial charge in [0.25, 0.3) is 0 Å². The summed E-state index contributed by atoms with van der Waals surface area (Å²) in [5.41, 5.74) is 0.647. The van der Waals surface area contributed by atoms with E-state index >= 15 is 0 Å². The van der Waals surface area contributed by atoms with E-state index in [-0.39, 0.29) is 11.8 Å². The number of anilines is 1. The zero-order valence-corrected chi connectivity index (χ0v) is 10.2. The van der Waals surface area contributed by atoms with E-state index in [0.29, 0.717) is 18.5 Å². The van der Waals surface area contributed by atoms with Gasteiger partial charge in [0.05, 0.1) is 16.9 Å². The number of carbonyl (C=O) groups excluding carboxylic acids is 2. The van der Waals surface area contributed by atoms with Crippen molar-refractivity contribution < 1.29 is 9.59 Å². The van der Waals surface area contributed by atoms with Crippen LogP contribution >= 0.6 is 11.8 Å². The Balaban J connectivity index is 1.95. The van der Waals surface area contributed by atoms with E-state index in [4.69, 9.17) is 0 Å². The van der Waals surface area contributed by atoms with Gasteiger partial charge in [-0.05, 0) is 24.8 Å². The van der Waals surface area contributed by atoms with Crippen molar-refractivity contribution in [3.05, 3.63) is 18.3 Å². The number of nitrogens with one attached hydrogen (secondary N) is 2. The highest BCUT2D eigenvalue weighted by Gasteiger charge is 2.27. The average molecular weight is 251 g/mol. The van der Waals surface area contributed by atoms with Gasteiger partial charge in [-0.2, -0.15) is 0 Å². The maximum Gasteiger partial charge on any atom is 0.247 e. The van der Waals surface area contributed by atoms with E-state index in [2.05, 4.69) is 15.6 Å². The van der Waals surface area contributed by atoms with Crippen LogP contribution < -0.4 is 10.6 Å². The average Bonchev–Trinajstić information content (AvgIpc) is 2.77. The quantitative estimate of drug-likeness (QED) is 0.787. The van der Waals surface area contributed by atoms with Gasteiger partial charge in [0, 0.05) is 6.42 Å². The molecule has 2 rings (SSSR count). The maximum atomic E-state index is 11.8. The summed E-state index contributed by atoms with van der Waals surface area (Å²) in [6.07, 6.45) is 4.53. The first-order chi connectivity index (χ1) is 8.19. The molecule has 1 aliphatic heterocycles. The number of hydrogen-bond acceptors (Lipinski definition) is 4. The van der Waals surface area contributed by atoms with Gasteiger partial charge >= 0.3 is 0 Å². The lowest BCUT2D eigenvalue weighted by Gasteiger charge is -2.10. The predicted molar refractivity (Wildman–Crippen MR) is 65.8 cm³/mol. The van der Waals surface area contributed by atoms with Crippen molar-refractivity contribution in [1.29, 1.82) is 0 Å². The van der Waals surface area contributed by atoms with Gasteiger partial charge in [-0.15, -0.1) is 11.8 Å². The second kappa shape index (κ2) is 5.18. The molecule has 2 amide bonds. The van der Waals surface area contributed by atoms with Gasteiger partial charge in [0.15, 0.2) is 0 Å². The van der Waals surface area contributed by atoms with Crippen molar-refractivity contribution in [1.82, 2.24) is 10.3 Å². The van der Waals surface area contributed by atoms with Crippen molar-refractivity contribution in [2.75, 3.05) is 11.6 Å². The number of hydrogen-bond donors (Lipinski definition) is 2. The number of rotatable bonds is 3. The Labute approximate surface area is 103 Å². The van der Waals surface area contributed by atoms with E-state index in [0.717, 1.165) is 5.03 Å².